The lowest BCUT2D eigenvalue weighted by atomic mass is 10.3. The molecule has 124 valence electrons. The molecule has 1 aromatic rings. The lowest BCUT2D eigenvalue weighted by molar-refractivity contribution is -0.129. The van der Waals surface area contributed by atoms with Crippen LogP contribution >= 0.6 is 23.1 Å². The molecule has 2 heterocycles. The van der Waals surface area contributed by atoms with Crippen LogP contribution in [0.5, 0.6) is 0 Å². The molecule has 1 fully saturated rings. The third kappa shape index (κ3) is 3.84. The first-order valence-electron chi connectivity index (χ1n) is 7.30. The fourth-order valence-electron chi connectivity index (χ4n) is 2.36. The maximum absolute atomic E-state index is 12.3. The van der Waals surface area contributed by atoms with Crippen LogP contribution in [0.15, 0.2) is 17.5 Å². The molecule has 22 heavy (non-hydrogen) atoms. The van der Waals surface area contributed by atoms with Gasteiger partial charge in [-0.15, -0.1) is 23.1 Å². The molecule has 0 aromatic carbocycles. The monoisotopic (exact) mass is 362 g/mol. The van der Waals surface area contributed by atoms with Gasteiger partial charge in [-0.2, -0.15) is 0 Å². The predicted molar refractivity (Wildman–Crippen MR) is 92.5 cm³/mol. The number of hydrogen-bond acceptors (Lipinski definition) is 5. The van der Waals surface area contributed by atoms with E-state index >= 15 is 0 Å². The number of amides is 1. The summed E-state index contributed by atoms with van der Waals surface area (Å²) in [6.45, 7) is 4.52. The van der Waals surface area contributed by atoms with Crippen LogP contribution in [0.4, 0.5) is 0 Å². The van der Waals surface area contributed by atoms with E-state index in [-0.39, 0.29) is 22.3 Å². The molecule has 0 saturated carbocycles. The lowest BCUT2D eigenvalue weighted by Crippen LogP contribution is -2.39. The second kappa shape index (κ2) is 7.33. The Balaban J connectivity index is 2.05. The predicted octanol–water partition coefficient (Wildman–Crippen LogP) is 2.38. The molecule has 0 bridgehead atoms. The summed E-state index contributed by atoms with van der Waals surface area (Å²) in [4.78, 5) is 15.3. The van der Waals surface area contributed by atoms with E-state index < -0.39 is 10.0 Å². The number of thioether (sulfide) groups is 1. The first-order chi connectivity index (χ1) is 10.4. The minimum atomic E-state index is -3.21. The Morgan fingerprint density at radius 2 is 2.14 bits per heavy atom. The first-order valence-corrected chi connectivity index (χ1v) is 10.7. The van der Waals surface area contributed by atoms with Crippen molar-refractivity contribution in [3.8, 4) is 0 Å². The van der Waals surface area contributed by atoms with Gasteiger partial charge in [-0.3, -0.25) is 4.79 Å². The van der Waals surface area contributed by atoms with Crippen LogP contribution < -0.4 is 0 Å². The van der Waals surface area contributed by atoms with E-state index in [0.29, 0.717) is 19.5 Å². The molecule has 0 unspecified atom stereocenters. The largest absolute Gasteiger partial charge is 0.323 e. The molecule has 0 aliphatic carbocycles. The van der Waals surface area contributed by atoms with Crippen LogP contribution in [0.25, 0.3) is 0 Å². The van der Waals surface area contributed by atoms with Crippen LogP contribution in [-0.2, 0) is 14.8 Å². The van der Waals surface area contributed by atoms with Gasteiger partial charge in [0.1, 0.15) is 5.37 Å². The van der Waals surface area contributed by atoms with Gasteiger partial charge in [-0.05, 0) is 24.8 Å². The normalized spacial score (nSPS) is 22.7. The zero-order chi connectivity index (χ0) is 16.3. The van der Waals surface area contributed by atoms with E-state index in [1.807, 2.05) is 31.4 Å². The molecule has 5 nitrogen and oxygen atoms in total. The van der Waals surface area contributed by atoms with E-state index in [1.165, 1.54) is 4.31 Å². The van der Waals surface area contributed by atoms with Gasteiger partial charge in [0, 0.05) is 25.0 Å². The van der Waals surface area contributed by atoms with Crippen molar-refractivity contribution < 1.29 is 13.2 Å². The SMILES string of the molecule is CCCS(=O)(=O)N(C)CCN1C(=O)[C@@H](C)S[C@@H]1c1cccs1. The highest BCUT2D eigenvalue weighted by Crippen LogP contribution is 2.44. The molecule has 8 heteroatoms. The standard InChI is InChI=1S/C14H22N2O3S3/c1-4-10-22(18,19)15(3)7-8-16-13(17)11(2)21-14(16)12-6-5-9-20-12/h5-6,9,11,14H,4,7-8,10H2,1-3H3/t11-,14-/m1/s1. The molecule has 0 spiro atoms. The summed E-state index contributed by atoms with van der Waals surface area (Å²) in [5.74, 6) is 0.237. The Kier molecular flexibility index (Phi) is 5.93. The first kappa shape index (κ1) is 17.8. The van der Waals surface area contributed by atoms with Gasteiger partial charge in [-0.1, -0.05) is 13.0 Å². The molecule has 1 amide bonds. The molecule has 2 atom stereocenters. The van der Waals surface area contributed by atoms with Crippen LogP contribution in [0.3, 0.4) is 0 Å². The van der Waals surface area contributed by atoms with Crippen LogP contribution in [-0.4, -0.2) is 54.7 Å². The zero-order valence-electron chi connectivity index (χ0n) is 13.1. The van der Waals surface area contributed by atoms with E-state index in [0.717, 1.165) is 4.88 Å². The molecular weight excluding hydrogens is 340 g/mol. The number of sulfonamides is 1. The highest BCUT2D eigenvalue weighted by atomic mass is 32.2. The molecule has 1 saturated heterocycles. The van der Waals surface area contributed by atoms with Crippen LogP contribution in [0.1, 0.15) is 30.5 Å². The molecule has 0 N–H and O–H groups in total. The van der Waals surface area contributed by atoms with Crippen molar-refractivity contribution in [1.82, 2.24) is 9.21 Å². The van der Waals surface area contributed by atoms with Gasteiger partial charge < -0.3 is 4.90 Å². The average molecular weight is 363 g/mol. The minimum Gasteiger partial charge on any atom is -0.323 e. The van der Waals surface area contributed by atoms with Crippen molar-refractivity contribution in [3.63, 3.8) is 0 Å². The van der Waals surface area contributed by atoms with Gasteiger partial charge in [0.15, 0.2) is 0 Å². The van der Waals surface area contributed by atoms with Gasteiger partial charge >= 0.3 is 0 Å². The smallest absolute Gasteiger partial charge is 0.236 e. The topological polar surface area (TPSA) is 57.7 Å². The maximum atomic E-state index is 12.3. The third-order valence-corrected chi connectivity index (χ3v) is 8.13. The Morgan fingerprint density at radius 3 is 2.73 bits per heavy atom. The molecule has 1 aliphatic rings. The summed E-state index contributed by atoms with van der Waals surface area (Å²) in [7, 11) is -1.63. The molecule has 0 radical (unpaired) electrons. The summed E-state index contributed by atoms with van der Waals surface area (Å²) in [6.07, 6.45) is 0.597. The summed E-state index contributed by atoms with van der Waals surface area (Å²) < 4.78 is 25.4. The van der Waals surface area contributed by atoms with Gasteiger partial charge in [-0.25, -0.2) is 12.7 Å². The summed E-state index contributed by atoms with van der Waals surface area (Å²) in [6, 6.07) is 4.00. The highest BCUT2D eigenvalue weighted by Gasteiger charge is 2.39. The number of rotatable bonds is 7. The van der Waals surface area contributed by atoms with E-state index in [2.05, 4.69) is 0 Å². The van der Waals surface area contributed by atoms with Crippen LogP contribution in [0, 0.1) is 0 Å². The number of carbonyl (C=O) groups excluding carboxylic acids is 1. The second-order valence-corrected chi connectivity index (χ2v) is 9.92. The van der Waals surface area contributed by atoms with Crippen LogP contribution in [0.2, 0.25) is 0 Å². The number of thiophene rings is 1. The minimum absolute atomic E-state index is 0.00443. The number of nitrogens with zero attached hydrogens (tertiary/aromatic N) is 2. The summed E-state index contributed by atoms with van der Waals surface area (Å²) >= 11 is 3.26. The van der Waals surface area contributed by atoms with Crippen molar-refractivity contribution in [2.75, 3.05) is 25.9 Å². The second-order valence-electron chi connectivity index (χ2n) is 5.32. The highest BCUT2D eigenvalue weighted by molar-refractivity contribution is 8.01. The maximum Gasteiger partial charge on any atom is 0.236 e. The Bertz CT molecular complexity index is 601. The number of carbonyl (C=O) groups is 1. The summed E-state index contributed by atoms with van der Waals surface area (Å²) in [5, 5.41) is 1.92. The Morgan fingerprint density at radius 1 is 1.41 bits per heavy atom. The molecule has 1 aliphatic heterocycles. The summed E-state index contributed by atoms with van der Waals surface area (Å²) in [5.41, 5.74) is 0. The fourth-order valence-corrected chi connectivity index (χ4v) is 5.80. The lowest BCUT2D eigenvalue weighted by Gasteiger charge is -2.25. The van der Waals surface area contributed by atoms with E-state index in [9.17, 15) is 13.2 Å². The van der Waals surface area contributed by atoms with E-state index in [1.54, 1.807) is 35.0 Å². The Hall–Kier alpha value is -0.570. The van der Waals surface area contributed by atoms with Crippen molar-refractivity contribution >= 4 is 39.0 Å². The average Bonchev–Trinajstić information content (AvgIpc) is 3.06. The van der Waals surface area contributed by atoms with Crippen molar-refractivity contribution in [2.45, 2.75) is 30.9 Å². The quantitative estimate of drug-likeness (QED) is 0.747. The van der Waals surface area contributed by atoms with Crippen molar-refractivity contribution in [1.29, 1.82) is 0 Å². The zero-order valence-corrected chi connectivity index (χ0v) is 15.5. The third-order valence-electron chi connectivity index (χ3n) is 3.63. The molecular formula is C14H22N2O3S3. The van der Waals surface area contributed by atoms with Gasteiger partial charge in [0.25, 0.3) is 0 Å². The fraction of sp³-hybridized carbons (Fsp3) is 0.643. The van der Waals surface area contributed by atoms with Gasteiger partial charge in [0.2, 0.25) is 15.9 Å². The molecule has 1 aromatic heterocycles. The number of likely N-dealkylation sites (N-methyl/N-ethyl adjacent to an activating group) is 1. The van der Waals surface area contributed by atoms with Crippen molar-refractivity contribution in [3.05, 3.63) is 22.4 Å². The van der Waals surface area contributed by atoms with E-state index in [4.69, 9.17) is 0 Å². The Labute approximate surface area is 140 Å². The molecule has 2 rings (SSSR count). The van der Waals surface area contributed by atoms with Gasteiger partial charge in [0.05, 0.1) is 11.0 Å². The van der Waals surface area contributed by atoms with Crippen molar-refractivity contribution in [2.24, 2.45) is 0 Å². The number of hydrogen-bond donors (Lipinski definition) is 0.